The zero-order chi connectivity index (χ0) is 25.7. The van der Waals surface area contributed by atoms with Crippen molar-refractivity contribution in [2.45, 2.75) is 78.7 Å². The first-order valence-electron chi connectivity index (χ1n) is 12.2. The molecular weight excluding hydrogens is 436 g/mol. The van der Waals surface area contributed by atoms with Crippen LogP contribution in [0.1, 0.15) is 92.5 Å². The molecular formula is C25H38N4O5. The average molecular weight is 475 g/mol. The third-order valence-corrected chi connectivity index (χ3v) is 5.36. The smallest absolute Gasteiger partial charge is 0.262 e. The number of imide groups is 2. The first-order valence-corrected chi connectivity index (χ1v) is 12.2. The van der Waals surface area contributed by atoms with Gasteiger partial charge in [-0.25, -0.2) is 0 Å². The summed E-state index contributed by atoms with van der Waals surface area (Å²) in [6.07, 6.45) is 4.30. The Kier molecular flexibility index (Phi) is 12.7. The summed E-state index contributed by atoms with van der Waals surface area (Å²) in [5, 5.41) is 4.92. The summed E-state index contributed by atoms with van der Waals surface area (Å²) in [6.45, 7) is 9.40. The molecule has 1 unspecified atom stereocenters. The SMILES string of the molecule is CC.CCCC.NCCCCNC(=O)Cc1cccc2c1C(=O)N(C1CCC(=O)NC1=O)C2=O. The number of nitrogens with two attached hydrogens (primary N) is 1. The number of unbranched alkanes of at least 4 members (excludes halogenated alkanes) is 2. The first-order chi connectivity index (χ1) is 16.3. The van der Waals surface area contributed by atoms with Gasteiger partial charge in [-0.3, -0.25) is 34.2 Å². The fraction of sp³-hybridized carbons (Fsp3) is 0.560. The Bertz CT molecular complexity index is 882. The Hall–Kier alpha value is -3.07. The summed E-state index contributed by atoms with van der Waals surface area (Å²) >= 11 is 0. The van der Waals surface area contributed by atoms with Gasteiger partial charge < -0.3 is 11.1 Å². The highest BCUT2D eigenvalue weighted by Crippen LogP contribution is 2.30. The van der Waals surface area contributed by atoms with Crippen molar-refractivity contribution in [3.8, 4) is 0 Å². The standard InChI is InChI=1S/C19H22N4O5.C4H10.C2H6/c20-8-1-2-9-21-15(25)10-11-4-3-5-12-16(11)19(28)23(18(12)27)13-6-7-14(24)22-17(13)26;1-3-4-2;1-2/h3-5,13H,1-2,6-10,20H2,(H,21,25)(H,22,24,26);3-4H2,1-2H3;1-2H3. The summed E-state index contributed by atoms with van der Waals surface area (Å²) < 4.78 is 0. The molecule has 5 amide bonds. The van der Waals surface area contributed by atoms with E-state index >= 15 is 0 Å². The second-order valence-electron chi connectivity index (χ2n) is 7.81. The van der Waals surface area contributed by atoms with E-state index in [1.807, 2.05) is 13.8 Å². The van der Waals surface area contributed by atoms with Crippen molar-refractivity contribution < 1.29 is 24.0 Å². The summed E-state index contributed by atoms with van der Waals surface area (Å²) in [4.78, 5) is 62.2. The fourth-order valence-electron chi connectivity index (χ4n) is 3.46. The van der Waals surface area contributed by atoms with Crippen molar-refractivity contribution in [1.29, 1.82) is 0 Å². The number of hydrogen-bond acceptors (Lipinski definition) is 6. The molecule has 0 bridgehead atoms. The lowest BCUT2D eigenvalue weighted by Crippen LogP contribution is -2.54. The minimum absolute atomic E-state index is 0.0476. The van der Waals surface area contributed by atoms with Crippen LogP contribution in [0.2, 0.25) is 0 Å². The van der Waals surface area contributed by atoms with Gasteiger partial charge in [-0.05, 0) is 37.4 Å². The minimum Gasteiger partial charge on any atom is -0.356 e. The third-order valence-electron chi connectivity index (χ3n) is 5.36. The lowest BCUT2D eigenvalue weighted by Gasteiger charge is -2.27. The maximum absolute atomic E-state index is 12.9. The molecule has 0 spiro atoms. The number of hydrogen-bond donors (Lipinski definition) is 3. The van der Waals surface area contributed by atoms with Gasteiger partial charge in [-0.2, -0.15) is 0 Å². The van der Waals surface area contributed by atoms with Gasteiger partial charge in [-0.15, -0.1) is 0 Å². The molecule has 1 fully saturated rings. The molecule has 2 aliphatic rings. The van der Waals surface area contributed by atoms with E-state index in [9.17, 15) is 24.0 Å². The highest BCUT2D eigenvalue weighted by Gasteiger charge is 2.45. The van der Waals surface area contributed by atoms with E-state index in [0.29, 0.717) is 18.7 Å². The van der Waals surface area contributed by atoms with Crippen LogP contribution in [0.4, 0.5) is 0 Å². The van der Waals surface area contributed by atoms with Crippen LogP contribution in [-0.4, -0.2) is 53.6 Å². The Labute approximate surface area is 201 Å². The van der Waals surface area contributed by atoms with Crippen LogP contribution < -0.4 is 16.4 Å². The van der Waals surface area contributed by atoms with Gasteiger partial charge in [0.2, 0.25) is 17.7 Å². The average Bonchev–Trinajstić information content (AvgIpc) is 3.09. The first kappa shape index (κ1) is 29.0. The number of amides is 5. The monoisotopic (exact) mass is 474 g/mol. The summed E-state index contributed by atoms with van der Waals surface area (Å²) in [5.74, 6) is -2.54. The van der Waals surface area contributed by atoms with E-state index in [1.165, 1.54) is 18.9 Å². The largest absolute Gasteiger partial charge is 0.356 e. The molecule has 0 aliphatic carbocycles. The summed E-state index contributed by atoms with van der Waals surface area (Å²) in [6, 6.07) is 3.71. The van der Waals surface area contributed by atoms with Crippen LogP contribution in [0.3, 0.4) is 0 Å². The van der Waals surface area contributed by atoms with Crippen molar-refractivity contribution in [2.24, 2.45) is 5.73 Å². The van der Waals surface area contributed by atoms with E-state index in [4.69, 9.17) is 5.73 Å². The van der Waals surface area contributed by atoms with Crippen molar-refractivity contribution in [3.05, 3.63) is 34.9 Å². The molecule has 9 heteroatoms. The number of rotatable bonds is 8. The van der Waals surface area contributed by atoms with Gasteiger partial charge in [0.05, 0.1) is 17.5 Å². The van der Waals surface area contributed by atoms with Gasteiger partial charge in [0, 0.05) is 13.0 Å². The second kappa shape index (κ2) is 15.0. The summed E-state index contributed by atoms with van der Waals surface area (Å²) in [7, 11) is 0. The maximum atomic E-state index is 12.9. The van der Waals surface area contributed by atoms with E-state index in [1.54, 1.807) is 12.1 Å². The zero-order valence-corrected chi connectivity index (χ0v) is 20.7. The molecule has 188 valence electrons. The Morgan fingerprint density at radius 1 is 1.09 bits per heavy atom. The van der Waals surface area contributed by atoms with Crippen LogP contribution in [0.25, 0.3) is 0 Å². The topological polar surface area (TPSA) is 139 Å². The molecule has 9 nitrogen and oxygen atoms in total. The minimum atomic E-state index is -1.02. The molecule has 2 heterocycles. The molecule has 1 aromatic carbocycles. The number of carbonyl (C=O) groups excluding carboxylic acids is 5. The zero-order valence-electron chi connectivity index (χ0n) is 20.7. The molecule has 3 rings (SSSR count). The predicted molar refractivity (Wildman–Crippen MR) is 130 cm³/mol. The molecule has 0 aromatic heterocycles. The molecule has 1 saturated heterocycles. The van der Waals surface area contributed by atoms with Crippen LogP contribution in [0.15, 0.2) is 18.2 Å². The molecule has 4 N–H and O–H groups in total. The number of carbonyl (C=O) groups is 5. The van der Waals surface area contributed by atoms with E-state index in [-0.39, 0.29) is 36.3 Å². The lowest BCUT2D eigenvalue weighted by molar-refractivity contribution is -0.136. The van der Waals surface area contributed by atoms with Crippen molar-refractivity contribution in [2.75, 3.05) is 13.1 Å². The van der Waals surface area contributed by atoms with Crippen LogP contribution in [-0.2, 0) is 20.8 Å². The fourth-order valence-corrected chi connectivity index (χ4v) is 3.46. The van der Waals surface area contributed by atoms with Gasteiger partial charge >= 0.3 is 0 Å². The summed E-state index contributed by atoms with van der Waals surface area (Å²) in [5.41, 5.74) is 6.17. The number of benzene rings is 1. The number of nitrogens with zero attached hydrogens (tertiary/aromatic N) is 1. The molecule has 1 aromatic rings. The number of fused-ring (bicyclic) bond motifs is 1. The Morgan fingerprint density at radius 2 is 1.76 bits per heavy atom. The van der Waals surface area contributed by atoms with Gasteiger partial charge in [0.15, 0.2) is 0 Å². The van der Waals surface area contributed by atoms with Crippen LogP contribution in [0.5, 0.6) is 0 Å². The van der Waals surface area contributed by atoms with E-state index in [2.05, 4.69) is 24.5 Å². The molecule has 34 heavy (non-hydrogen) atoms. The normalized spacial score (nSPS) is 16.6. The molecule has 0 saturated carbocycles. The van der Waals surface area contributed by atoms with Gasteiger partial charge in [-0.1, -0.05) is 52.7 Å². The van der Waals surface area contributed by atoms with Crippen molar-refractivity contribution in [3.63, 3.8) is 0 Å². The Balaban J connectivity index is 0.000000872. The molecule has 0 radical (unpaired) electrons. The predicted octanol–water partition coefficient (Wildman–Crippen LogP) is 2.32. The van der Waals surface area contributed by atoms with Crippen LogP contribution in [0, 0.1) is 0 Å². The third kappa shape index (κ3) is 7.48. The number of nitrogens with one attached hydrogen (secondary N) is 2. The quantitative estimate of drug-likeness (QED) is 0.390. The molecule has 2 aliphatic heterocycles. The maximum Gasteiger partial charge on any atom is 0.262 e. The van der Waals surface area contributed by atoms with Gasteiger partial charge in [0.25, 0.3) is 11.8 Å². The number of piperidine rings is 1. The van der Waals surface area contributed by atoms with E-state index < -0.39 is 29.7 Å². The highest BCUT2D eigenvalue weighted by molar-refractivity contribution is 6.24. The lowest BCUT2D eigenvalue weighted by atomic mass is 10.00. The van der Waals surface area contributed by atoms with Crippen molar-refractivity contribution in [1.82, 2.24) is 15.5 Å². The van der Waals surface area contributed by atoms with Gasteiger partial charge in [0.1, 0.15) is 6.04 Å². The molecule has 1 atom stereocenters. The van der Waals surface area contributed by atoms with Crippen LogP contribution >= 0.6 is 0 Å². The second-order valence-corrected chi connectivity index (χ2v) is 7.81. The van der Waals surface area contributed by atoms with E-state index in [0.717, 1.165) is 17.7 Å². The van der Waals surface area contributed by atoms with Crippen molar-refractivity contribution >= 4 is 29.5 Å². The highest BCUT2D eigenvalue weighted by atomic mass is 16.2. The Morgan fingerprint density at radius 3 is 2.35 bits per heavy atom.